The molecule has 0 bridgehead atoms. The molecular weight excluding hydrogens is 132 g/mol. The molecule has 0 aromatic rings. The van der Waals surface area contributed by atoms with E-state index >= 15 is 0 Å². The molecule has 11 heavy (non-hydrogen) atoms. The van der Waals surface area contributed by atoms with Gasteiger partial charge in [-0.2, -0.15) is 0 Å². The molecule has 0 amide bonds. The first-order chi connectivity index (χ1) is 5.26. The minimum absolute atomic E-state index is 0.861. The van der Waals surface area contributed by atoms with Crippen molar-refractivity contribution in [3.63, 3.8) is 0 Å². The van der Waals surface area contributed by atoms with Crippen LogP contribution in [0.1, 0.15) is 53.4 Å². The Morgan fingerprint density at radius 3 is 2.09 bits per heavy atom. The number of hydrogen-bond acceptors (Lipinski definition) is 0. The highest BCUT2D eigenvalue weighted by atomic mass is 14.6. The minimum atomic E-state index is 0.861. The Labute approximate surface area is 71.4 Å². The first-order valence-electron chi connectivity index (χ1n) is 5.26. The Bertz CT molecular complexity index is 122. The van der Waals surface area contributed by atoms with E-state index in [2.05, 4.69) is 13.8 Å². The molecule has 0 spiro atoms. The SMILES string of the molecule is CC.CC(C)C12CCCC1C2. The van der Waals surface area contributed by atoms with Gasteiger partial charge >= 0.3 is 0 Å². The largest absolute Gasteiger partial charge is 0.0683 e. The molecule has 0 heteroatoms. The van der Waals surface area contributed by atoms with Gasteiger partial charge in [0.05, 0.1) is 0 Å². The number of fused-ring (bicyclic) bond motifs is 1. The monoisotopic (exact) mass is 154 g/mol. The van der Waals surface area contributed by atoms with Gasteiger partial charge in [0.1, 0.15) is 0 Å². The van der Waals surface area contributed by atoms with Crippen LogP contribution in [0.15, 0.2) is 0 Å². The fraction of sp³-hybridized carbons (Fsp3) is 1.00. The first-order valence-corrected chi connectivity index (χ1v) is 5.26. The summed E-state index contributed by atoms with van der Waals surface area (Å²) in [7, 11) is 0. The second-order valence-electron chi connectivity index (χ2n) is 4.18. The smallest absolute Gasteiger partial charge is 0.0243 e. The standard InChI is InChI=1S/C9H16.C2H6/c1-7(2)9-5-3-4-8(9)6-9;1-2/h7-8H,3-6H2,1-2H3;1-2H3. The summed E-state index contributed by atoms with van der Waals surface area (Å²) in [6.45, 7) is 8.79. The van der Waals surface area contributed by atoms with Crippen LogP contribution >= 0.6 is 0 Å². The minimum Gasteiger partial charge on any atom is -0.0683 e. The van der Waals surface area contributed by atoms with Gasteiger partial charge in [-0.05, 0) is 36.5 Å². The zero-order chi connectivity index (χ0) is 8.48. The van der Waals surface area contributed by atoms with Gasteiger partial charge < -0.3 is 0 Å². The summed E-state index contributed by atoms with van der Waals surface area (Å²) in [6.07, 6.45) is 6.15. The molecule has 0 aliphatic heterocycles. The van der Waals surface area contributed by atoms with Gasteiger partial charge in [-0.1, -0.05) is 34.1 Å². The molecule has 0 aromatic heterocycles. The molecule has 0 saturated heterocycles. The van der Waals surface area contributed by atoms with Gasteiger partial charge in [0.15, 0.2) is 0 Å². The lowest BCUT2D eigenvalue weighted by atomic mass is 9.90. The molecule has 2 saturated carbocycles. The van der Waals surface area contributed by atoms with Crippen LogP contribution in [0.25, 0.3) is 0 Å². The topological polar surface area (TPSA) is 0 Å². The van der Waals surface area contributed by atoms with E-state index in [1.165, 1.54) is 19.3 Å². The highest BCUT2D eigenvalue weighted by Crippen LogP contribution is 2.67. The quantitative estimate of drug-likeness (QED) is 0.538. The fourth-order valence-corrected chi connectivity index (χ4v) is 2.77. The van der Waals surface area contributed by atoms with Crippen molar-refractivity contribution in [2.24, 2.45) is 17.3 Å². The molecule has 2 rings (SSSR count). The van der Waals surface area contributed by atoms with Crippen LogP contribution in [0.3, 0.4) is 0 Å². The Balaban J connectivity index is 0.000000281. The summed E-state index contributed by atoms with van der Waals surface area (Å²) in [5, 5.41) is 0. The maximum Gasteiger partial charge on any atom is -0.0243 e. The highest BCUT2D eigenvalue weighted by Gasteiger charge is 2.57. The van der Waals surface area contributed by atoms with Crippen LogP contribution < -0.4 is 0 Å². The summed E-state index contributed by atoms with van der Waals surface area (Å²) < 4.78 is 0. The van der Waals surface area contributed by atoms with Crippen LogP contribution in [0.2, 0.25) is 0 Å². The summed E-state index contributed by atoms with van der Waals surface area (Å²) in [6, 6.07) is 0. The van der Waals surface area contributed by atoms with E-state index in [-0.39, 0.29) is 0 Å². The maximum absolute atomic E-state index is 2.39. The van der Waals surface area contributed by atoms with Crippen molar-refractivity contribution >= 4 is 0 Å². The second-order valence-corrected chi connectivity index (χ2v) is 4.18. The maximum atomic E-state index is 2.39. The third kappa shape index (κ3) is 1.32. The lowest BCUT2D eigenvalue weighted by Crippen LogP contribution is -2.07. The van der Waals surface area contributed by atoms with Crippen molar-refractivity contribution in [1.29, 1.82) is 0 Å². The molecule has 2 aliphatic rings. The molecule has 0 nitrogen and oxygen atoms in total. The molecule has 0 N–H and O–H groups in total. The third-order valence-electron chi connectivity index (χ3n) is 3.62. The Morgan fingerprint density at radius 2 is 1.91 bits per heavy atom. The van der Waals surface area contributed by atoms with E-state index in [1.807, 2.05) is 13.8 Å². The Morgan fingerprint density at radius 1 is 1.27 bits per heavy atom. The lowest BCUT2D eigenvalue weighted by Gasteiger charge is -2.15. The number of hydrogen-bond donors (Lipinski definition) is 0. The van der Waals surface area contributed by atoms with Crippen LogP contribution in [-0.4, -0.2) is 0 Å². The predicted molar refractivity (Wildman–Crippen MR) is 50.6 cm³/mol. The summed E-state index contributed by atoms with van der Waals surface area (Å²) >= 11 is 0. The summed E-state index contributed by atoms with van der Waals surface area (Å²) in [4.78, 5) is 0. The molecule has 2 fully saturated rings. The van der Waals surface area contributed by atoms with Gasteiger partial charge in [-0.25, -0.2) is 0 Å². The molecule has 0 heterocycles. The van der Waals surface area contributed by atoms with Gasteiger partial charge in [0.25, 0.3) is 0 Å². The van der Waals surface area contributed by atoms with E-state index < -0.39 is 0 Å². The van der Waals surface area contributed by atoms with Gasteiger partial charge in [-0.3, -0.25) is 0 Å². The summed E-state index contributed by atoms with van der Waals surface area (Å²) in [5.41, 5.74) is 0.861. The van der Waals surface area contributed by atoms with E-state index in [0.717, 1.165) is 17.3 Å². The third-order valence-corrected chi connectivity index (χ3v) is 3.62. The Hall–Kier alpha value is 0. The molecule has 0 aromatic carbocycles. The second kappa shape index (κ2) is 3.16. The normalized spacial score (nSPS) is 39.5. The average molecular weight is 154 g/mol. The average Bonchev–Trinajstić information content (AvgIpc) is 2.60. The lowest BCUT2D eigenvalue weighted by molar-refractivity contribution is 0.343. The van der Waals surface area contributed by atoms with E-state index in [1.54, 1.807) is 6.42 Å². The van der Waals surface area contributed by atoms with Gasteiger partial charge in [0, 0.05) is 0 Å². The van der Waals surface area contributed by atoms with E-state index in [0.29, 0.717) is 0 Å². The molecule has 2 unspecified atom stereocenters. The van der Waals surface area contributed by atoms with Crippen LogP contribution in [0, 0.1) is 17.3 Å². The van der Waals surface area contributed by atoms with Crippen molar-refractivity contribution in [2.75, 3.05) is 0 Å². The van der Waals surface area contributed by atoms with Crippen molar-refractivity contribution in [1.82, 2.24) is 0 Å². The van der Waals surface area contributed by atoms with E-state index in [9.17, 15) is 0 Å². The molecule has 66 valence electrons. The summed E-state index contributed by atoms with van der Waals surface area (Å²) in [5.74, 6) is 2.11. The van der Waals surface area contributed by atoms with Gasteiger partial charge in [-0.15, -0.1) is 0 Å². The van der Waals surface area contributed by atoms with Crippen molar-refractivity contribution in [2.45, 2.75) is 53.4 Å². The van der Waals surface area contributed by atoms with E-state index in [4.69, 9.17) is 0 Å². The van der Waals surface area contributed by atoms with Crippen molar-refractivity contribution in [3.05, 3.63) is 0 Å². The molecule has 0 radical (unpaired) electrons. The van der Waals surface area contributed by atoms with Crippen LogP contribution in [0.4, 0.5) is 0 Å². The Kier molecular flexibility index (Phi) is 2.61. The van der Waals surface area contributed by atoms with Crippen LogP contribution in [-0.2, 0) is 0 Å². The highest BCUT2D eigenvalue weighted by molar-refractivity contribution is 5.07. The zero-order valence-electron chi connectivity index (χ0n) is 8.48. The fourth-order valence-electron chi connectivity index (χ4n) is 2.77. The predicted octanol–water partition coefficient (Wildman–Crippen LogP) is 3.86. The van der Waals surface area contributed by atoms with Crippen molar-refractivity contribution < 1.29 is 0 Å². The van der Waals surface area contributed by atoms with Crippen molar-refractivity contribution in [3.8, 4) is 0 Å². The zero-order valence-corrected chi connectivity index (χ0v) is 8.48. The van der Waals surface area contributed by atoms with Gasteiger partial charge in [0.2, 0.25) is 0 Å². The first kappa shape index (κ1) is 9.09. The van der Waals surface area contributed by atoms with Crippen LogP contribution in [0.5, 0.6) is 0 Å². The molecular formula is C11H22. The molecule has 2 aliphatic carbocycles. The number of rotatable bonds is 1. The molecule has 2 atom stereocenters.